The molecule has 21 heavy (non-hydrogen) atoms. The van der Waals surface area contributed by atoms with Gasteiger partial charge in [0.25, 0.3) is 0 Å². The Kier molecular flexibility index (Phi) is 4.95. The molecule has 0 spiro atoms. The lowest BCUT2D eigenvalue weighted by molar-refractivity contribution is -0.187. The van der Waals surface area contributed by atoms with Crippen LogP contribution in [0.15, 0.2) is 18.2 Å². The minimum absolute atomic E-state index is 0.169. The van der Waals surface area contributed by atoms with Gasteiger partial charge in [-0.15, -0.1) is 0 Å². The van der Waals surface area contributed by atoms with E-state index in [9.17, 15) is 13.2 Å². The van der Waals surface area contributed by atoms with E-state index in [2.05, 4.69) is 5.32 Å². The van der Waals surface area contributed by atoms with Crippen molar-refractivity contribution in [3.8, 4) is 11.5 Å². The van der Waals surface area contributed by atoms with Crippen LogP contribution in [0, 0.1) is 0 Å². The third kappa shape index (κ3) is 3.59. The zero-order valence-electron chi connectivity index (χ0n) is 12.0. The summed E-state index contributed by atoms with van der Waals surface area (Å²) in [4.78, 5) is 1.44. The number of ether oxygens (including phenoxy) is 2. The molecule has 0 unspecified atom stereocenters. The molecular weight excluding hydrogens is 285 g/mol. The SMILES string of the molecule is COc1ccc([C@@H](N2CCNCC2)C(F)(F)F)cc1OC. The predicted molar refractivity (Wildman–Crippen MR) is 72.8 cm³/mol. The molecule has 7 heteroatoms. The Labute approximate surface area is 121 Å². The number of nitrogens with zero attached hydrogens (tertiary/aromatic N) is 1. The Bertz CT molecular complexity index is 474. The lowest BCUT2D eigenvalue weighted by Gasteiger charge is -2.36. The van der Waals surface area contributed by atoms with E-state index in [1.54, 1.807) is 0 Å². The van der Waals surface area contributed by atoms with E-state index in [4.69, 9.17) is 9.47 Å². The van der Waals surface area contributed by atoms with E-state index < -0.39 is 12.2 Å². The highest BCUT2D eigenvalue weighted by atomic mass is 19.4. The Hall–Kier alpha value is -1.47. The van der Waals surface area contributed by atoms with Crippen molar-refractivity contribution in [1.29, 1.82) is 0 Å². The highest BCUT2D eigenvalue weighted by Crippen LogP contribution is 2.40. The second-order valence-corrected chi connectivity index (χ2v) is 4.84. The fourth-order valence-electron chi connectivity index (χ4n) is 2.57. The maximum atomic E-state index is 13.5. The highest BCUT2D eigenvalue weighted by Gasteiger charge is 2.45. The van der Waals surface area contributed by atoms with Crippen LogP contribution >= 0.6 is 0 Å². The topological polar surface area (TPSA) is 33.7 Å². The largest absolute Gasteiger partial charge is 0.493 e. The van der Waals surface area contributed by atoms with Gasteiger partial charge in [0.15, 0.2) is 11.5 Å². The van der Waals surface area contributed by atoms with E-state index in [0.717, 1.165) is 0 Å². The number of halogens is 3. The number of alkyl halides is 3. The minimum atomic E-state index is -4.34. The summed E-state index contributed by atoms with van der Waals surface area (Å²) in [6.45, 7) is 1.83. The van der Waals surface area contributed by atoms with E-state index in [-0.39, 0.29) is 5.56 Å². The zero-order valence-corrected chi connectivity index (χ0v) is 12.0. The molecule has 1 aliphatic rings. The zero-order chi connectivity index (χ0) is 15.5. The molecule has 0 amide bonds. The summed E-state index contributed by atoms with van der Waals surface area (Å²) in [5.74, 6) is 0.724. The first kappa shape index (κ1) is 15.9. The molecule has 1 aliphatic heterocycles. The Morgan fingerprint density at radius 3 is 2.24 bits per heavy atom. The third-order valence-electron chi connectivity index (χ3n) is 3.55. The smallest absolute Gasteiger partial charge is 0.408 e. The summed E-state index contributed by atoms with van der Waals surface area (Å²) in [7, 11) is 2.87. The van der Waals surface area contributed by atoms with Crippen molar-refractivity contribution in [3.63, 3.8) is 0 Å². The minimum Gasteiger partial charge on any atom is -0.493 e. The van der Waals surface area contributed by atoms with Crippen LogP contribution in [-0.2, 0) is 0 Å². The highest BCUT2D eigenvalue weighted by molar-refractivity contribution is 5.44. The van der Waals surface area contributed by atoms with Gasteiger partial charge in [-0.25, -0.2) is 0 Å². The van der Waals surface area contributed by atoms with Crippen LogP contribution in [0.1, 0.15) is 11.6 Å². The molecule has 1 fully saturated rings. The molecule has 1 heterocycles. The number of benzene rings is 1. The van der Waals surface area contributed by atoms with E-state index >= 15 is 0 Å². The van der Waals surface area contributed by atoms with Gasteiger partial charge >= 0.3 is 6.18 Å². The molecule has 0 saturated carbocycles. The molecule has 1 aromatic carbocycles. The van der Waals surface area contributed by atoms with E-state index in [1.165, 1.54) is 37.3 Å². The summed E-state index contributed by atoms with van der Waals surface area (Å²) in [6, 6.07) is 2.73. The van der Waals surface area contributed by atoms with Crippen LogP contribution in [0.4, 0.5) is 13.2 Å². The molecular formula is C14H19F3N2O2. The fraction of sp³-hybridized carbons (Fsp3) is 0.571. The second kappa shape index (κ2) is 6.53. The first-order chi connectivity index (χ1) is 9.97. The van der Waals surface area contributed by atoms with Crippen LogP contribution in [-0.4, -0.2) is 51.5 Å². The predicted octanol–water partition coefficient (Wildman–Crippen LogP) is 2.21. The van der Waals surface area contributed by atoms with Crippen LogP contribution in [0.3, 0.4) is 0 Å². The van der Waals surface area contributed by atoms with Gasteiger partial charge in [-0.2, -0.15) is 13.2 Å². The molecule has 1 aromatic rings. The van der Waals surface area contributed by atoms with Gasteiger partial charge in [0, 0.05) is 26.2 Å². The number of hydrogen-bond acceptors (Lipinski definition) is 4. The van der Waals surface area contributed by atoms with E-state index in [0.29, 0.717) is 37.7 Å². The van der Waals surface area contributed by atoms with E-state index in [1.807, 2.05) is 0 Å². The Morgan fingerprint density at radius 1 is 1.10 bits per heavy atom. The average Bonchev–Trinajstić information content (AvgIpc) is 2.47. The summed E-state index contributed by atoms with van der Waals surface area (Å²) in [5, 5.41) is 3.06. The normalized spacial score (nSPS) is 18.3. The first-order valence-electron chi connectivity index (χ1n) is 6.70. The quantitative estimate of drug-likeness (QED) is 0.925. The van der Waals surface area contributed by atoms with Crippen molar-refractivity contribution < 1.29 is 22.6 Å². The average molecular weight is 304 g/mol. The van der Waals surface area contributed by atoms with Gasteiger partial charge < -0.3 is 14.8 Å². The number of methoxy groups -OCH3 is 2. The van der Waals surface area contributed by atoms with Gasteiger partial charge in [-0.05, 0) is 17.7 Å². The Balaban J connectivity index is 2.36. The molecule has 1 N–H and O–H groups in total. The standard InChI is InChI=1S/C14H19F3N2O2/c1-20-11-4-3-10(9-12(11)21-2)13(14(15,16)17)19-7-5-18-6-8-19/h3-4,9,13,18H,5-8H2,1-2H3/t13-/m1/s1. The monoisotopic (exact) mass is 304 g/mol. The van der Waals surface area contributed by atoms with Crippen molar-refractivity contribution in [2.24, 2.45) is 0 Å². The maximum Gasteiger partial charge on any atom is 0.408 e. The van der Waals surface area contributed by atoms with Crippen LogP contribution in [0.25, 0.3) is 0 Å². The van der Waals surface area contributed by atoms with Crippen LogP contribution in [0.5, 0.6) is 11.5 Å². The van der Waals surface area contributed by atoms with Crippen LogP contribution < -0.4 is 14.8 Å². The number of piperazine rings is 1. The summed E-state index contributed by atoms with van der Waals surface area (Å²) in [6.07, 6.45) is -4.34. The first-order valence-corrected chi connectivity index (χ1v) is 6.70. The molecule has 118 valence electrons. The lowest BCUT2D eigenvalue weighted by Crippen LogP contribution is -2.49. The fourth-order valence-corrected chi connectivity index (χ4v) is 2.57. The summed E-state index contributed by atoms with van der Waals surface area (Å²) >= 11 is 0. The molecule has 1 saturated heterocycles. The van der Waals surface area contributed by atoms with Gasteiger partial charge in [0.1, 0.15) is 6.04 Å². The van der Waals surface area contributed by atoms with Crippen molar-refractivity contribution in [2.75, 3.05) is 40.4 Å². The molecule has 0 aliphatic carbocycles. The van der Waals surface area contributed by atoms with Crippen molar-refractivity contribution in [1.82, 2.24) is 10.2 Å². The molecule has 4 nitrogen and oxygen atoms in total. The third-order valence-corrected chi connectivity index (χ3v) is 3.55. The molecule has 0 aromatic heterocycles. The van der Waals surface area contributed by atoms with Crippen molar-refractivity contribution in [2.45, 2.75) is 12.2 Å². The lowest BCUT2D eigenvalue weighted by atomic mass is 10.0. The maximum absolute atomic E-state index is 13.5. The molecule has 2 rings (SSSR count). The number of rotatable bonds is 4. The summed E-state index contributed by atoms with van der Waals surface area (Å²) < 4.78 is 50.6. The summed E-state index contributed by atoms with van der Waals surface area (Å²) in [5.41, 5.74) is 0.169. The second-order valence-electron chi connectivity index (χ2n) is 4.84. The number of hydrogen-bond donors (Lipinski definition) is 1. The van der Waals surface area contributed by atoms with Gasteiger partial charge in [-0.3, -0.25) is 4.90 Å². The van der Waals surface area contributed by atoms with Gasteiger partial charge in [0.2, 0.25) is 0 Å². The van der Waals surface area contributed by atoms with Crippen molar-refractivity contribution >= 4 is 0 Å². The Morgan fingerprint density at radius 2 is 1.71 bits per heavy atom. The van der Waals surface area contributed by atoms with Gasteiger partial charge in [0.05, 0.1) is 14.2 Å². The molecule has 1 atom stereocenters. The van der Waals surface area contributed by atoms with Gasteiger partial charge in [-0.1, -0.05) is 6.07 Å². The molecule has 0 radical (unpaired) electrons. The molecule has 0 bridgehead atoms. The van der Waals surface area contributed by atoms with Crippen LogP contribution in [0.2, 0.25) is 0 Å². The number of nitrogens with one attached hydrogen (secondary N) is 1. The van der Waals surface area contributed by atoms with Crippen molar-refractivity contribution in [3.05, 3.63) is 23.8 Å².